The lowest BCUT2D eigenvalue weighted by molar-refractivity contribution is 0.194. The topological polar surface area (TPSA) is 57.7 Å². The molecule has 25 heavy (non-hydrogen) atoms. The van der Waals surface area contributed by atoms with Crippen molar-refractivity contribution in [2.45, 2.75) is 13.3 Å². The van der Waals surface area contributed by atoms with Gasteiger partial charge in [0.2, 0.25) is 0 Å². The van der Waals surface area contributed by atoms with Crippen LogP contribution < -0.4 is 15.0 Å². The molecule has 0 radical (unpaired) electrons. The molecule has 2 aromatic rings. The largest absolute Gasteiger partial charge is 0.495 e. The summed E-state index contributed by atoms with van der Waals surface area (Å²) in [5.74, 6) is 0.874. The Kier molecular flexibility index (Phi) is 5.75. The first-order chi connectivity index (χ1) is 12.2. The zero-order chi connectivity index (χ0) is 17.6. The number of methoxy groups -OCH3 is 1. The van der Waals surface area contributed by atoms with E-state index < -0.39 is 0 Å². The molecule has 1 N–H and O–H groups in total. The van der Waals surface area contributed by atoms with Gasteiger partial charge in [0.05, 0.1) is 17.8 Å². The Labute approximate surface area is 152 Å². The van der Waals surface area contributed by atoms with Gasteiger partial charge in [-0.1, -0.05) is 12.1 Å². The monoisotopic (exact) mass is 360 g/mol. The summed E-state index contributed by atoms with van der Waals surface area (Å²) in [6, 6.07) is 8.01. The fraction of sp³-hybridized carbons (Fsp3) is 0.444. The van der Waals surface area contributed by atoms with Crippen molar-refractivity contribution in [3.05, 3.63) is 40.3 Å². The van der Waals surface area contributed by atoms with Crippen LogP contribution >= 0.6 is 11.3 Å². The third-order valence-corrected chi connectivity index (χ3v) is 5.25. The van der Waals surface area contributed by atoms with Gasteiger partial charge in [0.1, 0.15) is 5.75 Å². The molecule has 0 bridgehead atoms. The highest BCUT2D eigenvalue weighted by Gasteiger charge is 2.22. The van der Waals surface area contributed by atoms with E-state index in [1.807, 2.05) is 36.2 Å². The minimum absolute atomic E-state index is 0.00737. The quantitative estimate of drug-likeness (QED) is 0.890. The van der Waals surface area contributed by atoms with Gasteiger partial charge in [-0.2, -0.15) is 0 Å². The van der Waals surface area contributed by atoms with Crippen LogP contribution in [-0.2, 0) is 6.42 Å². The number of thiazole rings is 1. The molecule has 1 aliphatic heterocycles. The van der Waals surface area contributed by atoms with E-state index in [1.54, 1.807) is 18.4 Å². The summed E-state index contributed by atoms with van der Waals surface area (Å²) in [7, 11) is 1.69. The van der Waals surface area contributed by atoms with Crippen LogP contribution in [0, 0.1) is 6.92 Å². The second-order valence-electron chi connectivity index (χ2n) is 5.99. The standard InChI is InChI=1S/C18H24N4O2S/c1-14-13-20-17(25-14)7-8-19-18(23)22-11-9-21(10-12-22)15-5-3-4-6-16(15)24-2/h3-6,13H,7-12H2,1-2H3,(H,19,23). The van der Waals surface area contributed by atoms with Crippen LogP contribution in [0.25, 0.3) is 0 Å². The Hall–Kier alpha value is -2.28. The minimum Gasteiger partial charge on any atom is -0.495 e. The molecule has 0 unspecified atom stereocenters. The van der Waals surface area contributed by atoms with Crippen molar-refractivity contribution in [3.8, 4) is 5.75 Å². The van der Waals surface area contributed by atoms with E-state index in [2.05, 4.69) is 21.3 Å². The molecule has 1 aromatic heterocycles. The van der Waals surface area contributed by atoms with E-state index in [1.165, 1.54) is 4.88 Å². The molecule has 2 heterocycles. The van der Waals surface area contributed by atoms with Crippen LogP contribution in [0.3, 0.4) is 0 Å². The molecule has 0 aliphatic carbocycles. The number of ether oxygens (including phenoxy) is 1. The molecule has 1 fully saturated rings. The van der Waals surface area contributed by atoms with Crippen molar-refractivity contribution < 1.29 is 9.53 Å². The summed E-state index contributed by atoms with van der Waals surface area (Å²) in [4.78, 5) is 22.0. The van der Waals surface area contributed by atoms with Crippen molar-refractivity contribution in [2.75, 3.05) is 44.7 Å². The number of piperazine rings is 1. The Morgan fingerprint density at radius 2 is 2.04 bits per heavy atom. The SMILES string of the molecule is COc1ccccc1N1CCN(C(=O)NCCc2ncc(C)s2)CC1. The van der Waals surface area contributed by atoms with E-state index in [4.69, 9.17) is 4.74 Å². The normalized spacial score (nSPS) is 14.5. The smallest absolute Gasteiger partial charge is 0.317 e. The average molecular weight is 360 g/mol. The Bertz CT molecular complexity index is 711. The van der Waals surface area contributed by atoms with E-state index >= 15 is 0 Å². The van der Waals surface area contributed by atoms with Crippen molar-refractivity contribution in [1.82, 2.24) is 15.2 Å². The molecule has 3 rings (SSSR count). The third-order valence-electron chi connectivity index (χ3n) is 4.28. The third kappa shape index (κ3) is 4.42. The number of nitrogens with one attached hydrogen (secondary N) is 1. The summed E-state index contributed by atoms with van der Waals surface area (Å²) in [5.41, 5.74) is 1.09. The summed E-state index contributed by atoms with van der Waals surface area (Å²) in [5, 5.41) is 4.07. The van der Waals surface area contributed by atoms with Crippen LogP contribution in [-0.4, -0.2) is 55.7 Å². The number of carbonyl (C=O) groups excluding carboxylic acids is 1. The number of hydrogen-bond donors (Lipinski definition) is 1. The highest BCUT2D eigenvalue weighted by molar-refractivity contribution is 7.11. The summed E-state index contributed by atoms with van der Waals surface area (Å²) in [6.07, 6.45) is 2.66. The number of benzene rings is 1. The van der Waals surface area contributed by atoms with Crippen LogP contribution in [0.4, 0.5) is 10.5 Å². The summed E-state index contributed by atoms with van der Waals surface area (Å²) < 4.78 is 5.43. The number of urea groups is 1. The Morgan fingerprint density at radius 3 is 2.72 bits per heavy atom. The maximum absolute atomic E-state index is 12.3. The van der Waals surface area contributed by atoms with Gasteiger partial charge < -0.3 is 19.9 Å². The number of amides is 2. The predicted octanol–water partition coefficient (Wildman–Crippen LogP) is 2.53. The lowest BCUT2D eigenvalue weighted by atomic mass is 10.2. The molecule has 1 aromatic carbocycles. The first-order valence-corrected chi connectivity index (χ1v) is 9.31. The van der Waals surface area contributed by atoms with Crippen LogP contribution in [0.5, 0.6) is 5.75 Å². The zero-order valence-corrected chi connectivity index (χ0v) is 15.5. The van der Waals surface area contributed by atoms with E-state index in [9.17, 15) is 4.79 Å². The lowest BCUT2D eigenvalue weighted by Gasteiger charge is -2.36. The van der Waals surface area contributed by atoms with Crippen LogP contribution in [0.15, 0.2) is 30.5 Å². The van der Waals surface area contributed by atoms with Gasteiger partial charge in [-0.3, -0.25) is 0 Å². The van der Waals surface area contributed by atoms with Gasteiger partial charge in [0, 0.05) is 50.2 Å². The molecule has 134 valence electrons. The molecule has 2 amide bonds. The highest BCUT2D eigenvalue weighted by atomic mass is 32.1. The highest BCUT2D eigenvalue weighted by Crippen LogP contribution is 2.28. The summed E-state index contributed by atoms with van der Waals surface area (Å²) >= 11 is 1.68. The maximum Gasteiger partial charge on any atom is 0.317 e. The molecule has 0 saturated carbocycles. The molecule has 0 atom stereocenters. The number of hydrogen-bond acceptors (Lipinski definition) is 5. The Morgan fingerprint density at radius 1 is 1.28 bits per heavy atom. The number of nitrogens with zero attached hydrogens (tertiary/aromatic N) is 3. The van der Waals surface area contributed by atoms with Crippen LogP contribution in [0.1, 0.15) is 9.88 Å². The maximum atomic E-state index is 12.3. The Balaban J connectivity index is 1.46. The number of rotatable bonds is 5. The first-order valence-electron chi connectivity index (χ1n) is 8.49. The molecule has 6 nitrogen and oxygen atoms in total. The van der Waals surface area contributed by atoms with Crippen molar-refractivity contribution >= 4 is 23.1 Å². The first kappa shape index (κ1) is 17.5. The molecular weight excluding hydrogens is 336 g/mol. The van der Waals surface area contributed by atoms with Gasteiger partial charge in [0.25, 0.3) is 0 Å². The predicted molar refractivity (Wildman–Crippen MR) is 101 cm³/mol. The lowest BCUT2D eigenvalue weighted by Crippen LogP contribution is -2.52. The average Bonchev–Trinajstić information content (AvgIpc) is 3.07. The summed E-state index contributed by atoms with van der Waals surface area (Å²) in [6.45, 7) is 5.69. The number of aryl methyl sites for hydroxylation is 1. The van der Waals surface area contributed by atoms with Gasteiger partial charge >= 0.3 is 6.03 Å². The fourth-order valence-corrected chi connectivity index (χ4v) is 3.73. The number of aromatic nitrogens is 1. The molecule has 1 aliphatic rings. The van der Waals surface area contributed by atoms with Crippen molar-refractivity contribution in [3.63, 3.8) is 0 Å². The van der Waals surface area contributed by atoms with E-state index in [-0.39, 0.29) is 6.03 Å². The zero-order valence-electron chi connectivity index (χ0n) is 14.7. The molecule has 1 saturated heterocycles. The van der Waals surface area contributed by atoms with E-state index in [0.717, 1.165) is 36.0 Å². The van der Waals surface area contributed by atoms with Gasteiger partial charge in [-0.15, -0.1) is 11.3 Å². The van der Waals surface area contributed by atoms with Gasteiger partial charge in [-0.25, -0.2) is 9.78 Å². The number of carbonyl (C=O) groups is 1. The molecule has 0 spiro atoms. The van der Waals surface area contributed by atoms with Crippen molar-refractivity contribution in [1.29, 1.82) is 0 Å². The second kappa shape index (κ2) is 8.20. The number of para-hydroxylation sites is 2. The van der Waals surface area contributed by atoms with Gasteiger partial charge in [-0.05, 0) is 19.1 Å². The van der Waals surface area contributed by atoms with E-state index in [0.29, 0.717) is 19.6 Å². The van der Waals surface area contributed by atoms with Crippen LogP contribution in [0.2, 0.25) is 0 Å². The van der Waals surface area contributed by atoms with Crippen molar-refractivity contribution in [2.24, 2.45) is 0 Å². The fourth-order valence-electron chi connectivity index (χ4n) is 2.95. The second-order valence-corrected chi connectivity index (χ2v) is 7.31. The van der Waals surface area contributed by atoms with Gasteiger partial charge in [0.15, 0.2) is 0 Å². The molecular formula is C18H24N4O2S. The molecule has 7 heteroatoms. The number of anilines is 1. The minimum atomic E-state index is 0.00737.